The maximum absolute atomic E-state index is 13.7. The van der Waals surface area contributed by atoms with Crippen molar-refractivity contribution in [3.05, 3.63) is 53.4 Å². The van der Waals surface area contributed by atoms with Gasteiger partial charge in [-0.05, 0) is 18.6 Å². The Morgan fingerprint density at radius 2 is 1.89 bits per heavy atom. The minimum atomic E-state index is -0.511. The molecule has 2 heterocycles. The van der Waals surface area contributed by atoms with E-state index >= 15 is 0 Å². The van der Waals surface area contributed by atoms with Crippen molar-refractivity contribution in [2.75, 3.05) is 39.8 Å². The summed E-state index contributed by atoms with van der Waals surface area (Å²) in [6.07, 6.45) is 1.85. The van der Waals surface area contributed by atoms with Crippen molar-refractivity contribution in [2.24, 2.45) is 4.99 Å². The molecule has 3 rings (SSSR count). The lowest BCUT2D eigenvalue weighted by Crippen LogP contribution is -2.52. The lowest BCUT2D eigenvalue weighted by molar-refractivity contribution is 0.169. The first kappa shape index (κ1) is 21.5. The highest BCUT2D eigenvalue weighted by atomic mass is 127. The van der Waals surface area contributed by atoms with E-state index in [4.69, 9.17) is 4.52 Å². The highest BCUT2D eigenvalue weighted by molar-refractivity contribution is 14.0. The van der Waals surface area contributed by atoms with Gasteiger partial charge in [0.15, 0.2) is 5.96 Å². The largest absolute Gasteiger partial charge is 0.364 e. The van der Waals surface area contributed by atoms with Crippen molar-refractivity contribution in [3.63, 3.8) is 0 Å². The van der Waals surface area contributed by atoms with Crippen LogP contribution in [0.4, 0.5) is 8.78 Å². The first-order valence-electron chi connectivity index (χ1n) is 8.67. The van der Waals surface area contributed by atoms with Gasteiger partial charge in [0.05, 0.1) is 5.69 Å². The molecule has 148 valence electrons. The van der Waals surface area contributed by atoms with Crippen molar-refractivity contribution in [3.8, 4) is 0 Å². The van der Waals surface area contributed by atoms with Crippen molar-refractivity contribution < 1.29 is 13.3 Å². The molecule has 2 aromatic rings. The van der Waals surface area contributed by atoms with Gasteiger partial charge < -0.3 is 14.7 Å². The molecular formula is C18H24F2IN5O. The van der Waals surface area contributed by atoms with Gasteiger partial charge in [0.1, 0.15) is 17.9 Å². The number of aliphatic imine (C=N–C) groups is 1. The summed E-state index contributed by atoms with van der Waals surface area (Å²) in [7, 11) is 1.72. The molecule has 1 aliphatic rings. The maximum Gasteiger partial charge on any atom is 0.193 e. The van der Waals surface area contributed by atoms with E-state index in [-0.39, 0.29) is 36.0 Å². The van der Waals surface area contributed by atoms with Crippen LogP contribution in [0, 0.1) is 11.6 Å². The molecule has 1 aliphatic heterocycles. The Hall–Kier alpha value is -1.75. The standard InChI is InChI=1S/C18H23F2N5O.HI/c1-21-18(22-7-5-15-16(19)3-2-4-17(15)20)25-10-8-24(9-11-25)13-14-6-12-26-23-14;/h2-4,6,12H,5,7-11,13H2,1H3,(H,21,22);1H. The normalized spacial score (nSPS) is 15.5. The second-order valence-corrected chi connectivity index (χ2v) is 6.18. The molecule has 0 aliphatic carbocycles. The number of nitrogens with zero attached hydrogens (tertiary/aromatic N) is 4. The van der Waals surface area contributed by atoms with Gasteiger partial charge in [0.25, 0.3) is 0 Å². The molecule has 9 heteroatoms. The molecule has 1 N–H and O–H groups in total. The minimum Gasteiger partial charge on any atom is -0.364 e. The van der Waals surface area contributed by atoms with E-state index in [1.807, 2.05) is 6.07 Å². The highest BCUT2D eigenvalue weighted by Gasteiger charge is 2.20. The number of hydrogen-bond acceptors (Lipinski definition) is 4. The number of piperazine rings is 1. The van der Waals surface area contributed by atoms with Crippen LogP contribution in [-0.2, 0) is 13.0 Å². The predicted molar refractivity (Wildman–Crippen MR) is 110 cm³/mol. The summed E-state index contributed by atoms with van der Waals surface area (Å²) in [5, 5.41) is 7.14. The second-order valence-electron chi connectivity index (χ2n) is 6.18. The van der Waals surface area contributed by atoms with E-state index in [0.29, 0.717) is 6.54 Å². The van der Waals surface area contributed by atoms with Crippen molar-refractivity contribution in [2.45, 2.75) is 13.0 Å². The second kappa shape index (κ2) is 10.5. The molecule has 0 radical (unpaired) electrons. The molecule has 1 aromatic carbocycles. The van der Waals surface area contributed by atoms with Crippen LogP contribution in [0.1, 0.15) is 11.3 Å². The van der Waals surface area contributed by atoms with E-state index < -0.39 is 11.6 Å². The molecule has 0 saturated carbocycles. The fraction of sp³-hybridized carbons (Fsp3) is 0.444. The van der Waals surface area contributed by atoms with E-state index in [2.05, 4.69) is 25.3 Å². The summed E-state index contributed by atoms with van der Waals surface area (Å²) in [4.78, 5) is 8.74. The van der Waals surface area contributed by atoms with Crippen LogP contribution in [0.5, 0.6) is 0 Å². The first-order valence-corrected chi connectivity index (χ1v) is 8.67. The quantitative estimate of drug-likeness (QED) is 0.396. The third-order valence-corrected chi connectivity index (χ3v) is 4.48. The Morgan fingerprint density at radius 1 is 1.19 bits per heavy atom. The van der Waals surface area contributed by atoms with Gasteiger partial charge in [-0.1, -0.05) is 11.2 Å². The molecule has 0 amide bonds. The van der Waals surface area contributed by atoms with Gasteiger partial charge in [-0.2, -0.15) is 0 Å². The third-order valence-electron chi connectivity index (χ3n) is 4.48. The number of aromatic nitrogens is 1. The summed E-state index contributed by atoms with van der Waals surface area (Å²) in [6.45, 7) is 4.61. The number of halogens is 3. The molecule has 27 heavy (non-hydrogen) atoms. The number of guanidine groups is 1. The number of hydrogen-bond donors (Lipinski definition) is 1. The number of benzene rings is 1. The molecule has 6 nitrogen and oxygen atoms in total. The molecule has 0 bridgehead atoms. The maximum atomic E-state index is 13.7. The van der Waals surface area contributed by atoms with Gasteiger partial charge >= 0.3 is 0 Å². The Morgan fingerprint density at radius 3 is 2.48 bits per heavy atom. The van der Waals surface area contributed by atoms with E-state index in [1.54, 1.807) is 13.3 Å². The summed E-state index contributed by atoms with van der Waals surface area (Å²) >= 11 is 0. The average Bonchev–Trinajstić information content (AvgIpc) is 3.15. The molecule has 0 unspecified atom stereocenters. The third kappa shape index (κ3) is 5.86. The fourth-order valence-corrected chi connectivity index (χ4v) is 3.07. The SMILES string of the molecule is CN=C(NCCc1c(F)cccc1F)N1CCN(Cc2ccon2)CC1.I. The lowest BCUT2D eigenvalue weighted by Gasteiger charge is -2.36. The molecule has 1 aromatic heterocycles. The summed E-state index contributed by atoms with van der Waals surface area (Å²) in [6, 6.07) is 5.80. The number of nitrogens with one attached hydrogen (secondary N) is 1. The molecular weight excluding hydrogens is 467 g/mol. The summed E-state index contributed by atoms with van der Waals surface area (Å²) in [5.41, 5.74) is 1.03. The van der Waals surface area contributed by atoms with Gasteiger partial charge in [-0.3, -0.25) is 9.89 Å². The first-order chi connectivity index (χ1) is 12.7. The smallest absolute Gasteiger partial charge is 0.193 e. The van der Waals surface area contributed by atoms with Crippen LogP contribution < -0.4 is 5.32 Å². The Balaban J connectivity index is 0.00000261. The highest BCUT2D eigenvalue weighted by Crippen LogP contribution is 2.12. The van der Waals surface area contributed by atoms with Crippen molar-refractivity contribution >= 4 is 29.9 Å². The summed E-state index contributed by atoms with van der Waals surface area (Å²) in [5.74, 6) is -0.269. The molecule has 1 fully saturated rings. The van der Waals surface area contributed by atoms with Crippen molar-refractivity contribution in [1.82, 2.24) is 20.3 Å². The summed E-state index contributed by atoms with van der Waals surface area (Å²) < 4.78 is 32.2. The average molecular weight is 491 g/mol. The van der Waals surface area contributed by atoms with Crippen LogP contribution in [0.3, 0.4) is 0 Å². The Labute approximate surface area is 174 Å². The van der Waals surface area contributed by atoms with E-state index in [0.717, 1.165) is 44.4 Å². The zero-order chi connectivity index (χ0) is 18.4. The zero-order valence-corrected chi connectivity index (χ0v) is 17.5. The minimum absolute atomic E-state index is 0. The van der Waals surface area contributed by atoms with Crippen LogP contribution in [-0.4, -0.2) is 60.7 Å². The van der Waals surface area contributed by atoms with Crippen molar-refractivity contribution in [1.29, 1.82) is 0 Å². The van der Waals surface area contributed by atoms with Crippen LogP contribution in [0.2, 0.25) is 0 Å². The van der Waals surface area contributed by atoms with Gasteiger partial charge in [-0.15, -0.1) is 24.0 Å². The monoisotopic (exact) mass is 491 g/mol. The predicted octanol–water partition coefficient (Wildman–Crippen LogP) is 2.51. The lowest BCUT2D eigenvalue weighted by atomic mass is 10.1. The Kier molecular flexibility index (Phi) is 8.42. The topological polar surface area (TPSA) is 56.9 Å². The molecule has 0 spiro atoms. The number of rotatable bonds is 5. The molecule has 0 atom stereocenters. The fourth-order valence-electron chi connectivity index (χ4n) is 3.07. The van der Waals surface area contributed by atoms with Crippen LogP contribution in [0.25, 0.3) is 0 Å². The molecule has 1 saturated heterocycles. The van der Waals surface area contributed by atoms with Gasteiger partial charge in [0, 0.05) is 57.9 Å². The van der Waals surface area contributed by atoms with Crippen LogP contribution in [0.15, 0.2) is 40.0 Å². The van der Waals surface area contributed by atoms with Crippen LogP contribution >= 0.6 is 24.0 Å². The van der Waals surface area contributed by atoms with Gasteiger partial charge in [0.2, 0.25) is 0 Å². The Bertz CT molecular complexity index is 713. The van der Waals surface area contributed by atoms with E-state index in [9.17, 15) is 8.78 Å². The zero-order valence-electron chi connectivity index (χ0n) is 15.2. The van der Waals surface area contributed by atoms with E-state index in [1.165, 1.54) is 18.2 Å². The van der Waals surface area contributed by atoms with Gasteiger partial charge in [-0.25, -0.2) is 8.78 Å².